The molecule has 9 heteroatoms. The normalized spacial score (nSPS) is 14.2. The number of nitrogens with one attached hydrogen (secondary N) is 1. The van der Waals surface area contributed by atoms with Gasteiger partial charge in [-0.15, -0.1) is 0 Å². The molecule has 0 radical (unpaired) electrons. The van der Waals surface area contributed by atoms with E-state index in [4.69, 9.17) is 9.05 Å². The largest absolute Gasteiger partial charge is 0.756 e. The lowest BCUT2D eigenvalue weighted by atomic mass is 10.0. The minimum Gasteiger partial charge on any atom is -0.756 e. The van der Waals surface area contributed by atoms with Gasteiger partial charge >= 0.3 is 0 Å². The Morgan fingerprint density at radius 1 is 0.540 bits per heavy atom. The number of carbonyl (C=O) groups is 1. The maximum absolute atomic E-state index is 12.8. The van der Waals surface area contributed by atoms with Crippen LogP contribution < -0.4 is 10.2 Å². The quantitative estimate of drug-likeness (QED) is 0.0272. The Hall–Kier alpha value is -1.02. The number of rotatable bonds is 50. The Bertz CT molecular complexity index is 1080. The van der Waals surface area contributed by atoms with Crippen molar-refractivity contribution in [2.45, 2.75) is 276 Å². The van der Waals surface area contributed by atoms with Gasteiger partial charge in [-0.25, -0.2) is 0 Å². The molecule has 0 rings (SSSR count). The predicted octanol–water partition coefficient (Wildman–Crippen LogP) is 15.4. The number of nitrogens with zero attached hydrogens (tertiary/aromatic N) is 1. The molecule has 374 valence electrons. The molecule has 0 spiro atoms. The number of unbranched alkanes of at least 4 members (excludes halogenated alkanes) is 35. The third-order valence-electron chi connectivity index (χ3n) is 12.4. The summed E-state index contributed by atoms with van der Waals surface area (Å²) in [4.78, 5) is 25.2. The molecule has 0 aromatic rings. The third kappa shape index (κ3) is 48.7. The molecule has 0 heterocycles. The van der Waals surface area contributed by atoms with E-state index in [-0.39, 0.29) is 12.5 Å². The number of likely N-dealkylation sites (N-methyl/N-ethyl adjacent to an activating group) is 1. The number of phosphoric ester groups is 1. The van der Waals surface area contributed by atoms with E-state index in [0.717, 1.165) is 44.9 Å². The fourth-order valence-corrected chi connectivity index (χ4v) is 8.84. The molecule has 1 amide bonds. The highest BCUT2D eigenvalue weighted by Gasteiger charge is 2.23. The highest BCUT2D eigenvalue weighted by Crippen LogP contribution is 2.38. The number of aliphatic hydroxyl groups is 1. The van der Waals surface area contributed by atoms with Crippen LogP contribution in [0.3, 0.4) is 0 Å². The van der Waals surface area contributed by atoms with E-state index in [1.54, 1.807) is 6.08 Å². The number of hydrogen-bond acceptors (Lipinski definition) is 6. The van der Waals surface area contributed by atoms with Gasteiger partial charge in [-0.05, 0) is 25.7 Å². The van der Waals surface area contributed by atoms with Gasteiger partial charge in [0.1, 0.15) is 13.2 Å². The van der Waals surface area contributed by atoms with Gasteiger partial charge in [0.15, 0.2) is 0 Å². The van der Waals surface area contributed by atoms with Crippen LogP contribution in [-0.4, -0.2) is 68.5 Å². The predicted molar refractivity (Wildman–Crippen MR) is 270 cm³/mol. The maximum atomic E-state index is 12.8. The highest BCUT2D eigenvalue weighted by atomic mass is 31.2. The lowest BCUT2D eigenvalue weighted by molar-refractivity contribution is -0.870. The Morgan fingerprint density at radius 2 is 0.889 bits per heavy atom. The van der Waals surface area contributed by atoms with Crippen molar-refractivity contribution in [1.82, 2.24) is 5.32 Å². The van der Waals surface area contributed by atoms with Crippen LogP contribution in [0.5, 0.6) is 0 Å². The van der Waals surface area contributed by atoms with Gasteiger partial charge in [0.2, 0.25) is 5.91 Å². The Balaban J connectivity index is 3.79. The third-order valence-corrected chi connectivity index (χ3v) is 13.4. The summed E-state index contributed by atoms with van der Waals surface area (Å²) < 4.78 is 23.1. The van der Waals surface area contributed by atoms with Crippen molar-refractivity contribution in [2.24, 2.45) is 0 Å². The molecule has 0 aliphatic heterocycles. The lowest BCUT2D eigenvalue weighted by Gasteiger charge is -2.29. The van der Waals surface area contributed by atoms with Crippen LogP contribution >= 0.6 is 7.82 Å². The van der Waals surface area contributed by atoms with Crippen molar-refractivity contribution in [1.29, 1.82) is 0 Å². The summed E-state index contributed by atoms with van der Waals surface area (Å²) in [5.74, 6) is -0.207. The maximum Gasteiger partial charge on any atom is 0.268 e. The monoisotopic (exact) mass is 911 g/mol. The molecule has 0 bridgehead atoms. The molecule has 0 aromatic heterocycles. The van der Waals surface area contributed by atoms with E-state index in [2.05, 4.69) is 31.3 Å². The first-order valence-electron chi connectivity index (χ1n) is 27.2. The van der Waals surface area contributed by atoms with E-state index in [1.165, 1.54) is 199 Å². The van der Waals surface area contributed by atoms with Gasteiger partial charge in [0.05, 0.1) is 39.9 Å². The Labute approximate surface area is 392 Å². The van der Waals surface area contributed by atoms with Gasteiger partial charge in [0.25, 0.3) is 7.82 Å². The van der Waals surface area contributed by atoms with Crippen LogP contribution in [-0.2, 0) is 18.4 Å². The van der Waals surface area contributed by atoms with Crippen LogP contribution in [0.2, 0.25) is 0 Å². The lowest BCUT2D eigenvalue weighted by Crippen LogP contribution is -2.45. The molecule has 2 N–H and O–H groups in total. The molecule has 0 aliphatic carbocycles. The molecule has 0 saturated heterocycles. The number of hydrogen-bond donors (Lipinski definition) is 2. The molecule has 0 saturated carbocycles. The molecule has 3 atom stereocenters. The summed E-state index contributed by atoms with van der Waals surface area (Å²) in [5.41, 5.74) is 0. The minimum atomic E-state index is -4.58. The fourth-order valence-electron chi connectivity index (χ4n) is 8.12. The van der Waals surface area contributed by atoms with E-state index in [1.807, 2.05) is 27.2 Å². The van der Waals surface area contributed by atoms with E-state index in [0.29, 0.717) is 17.4 Å². The zero-order valence-electron chi connectivity index (χ0n) is 42.5. The SMILES string of the molecule is CCC/C=C/CC/C=C/C(O)C(COP(=O)([O-])OCC[N+](C)(C)C)NC(=O)CCCCCCCCCCCCCCCCCCCCCCCCCCCCCCCCCCCC. The topological polar surface area (TPSA) is 108 Å². The van der Waals surface area contributed by atoms with Crippen LogP contribution in [0.1, 0.15) is 264 Å². The van der Waals surface area contributed by atoms with Crippen LogP contribution in [0.15, 0.2) is 24.3 Å². The zero-order valence-corrected chi connectivity index (χ0v) is 43.4. The number of carbonyl (C=O) groups excluding carboxylic acids is 1. The van der Waals surface area contributed by atoms with Crippen LogP contribution in [0.25, 0.3) is 0 Å². The first kappa shape index (κ1) is 62.0. The average molecular weight is 911 g/mol. The van der Waals surface area contributed by atoms with Crippen molar-refractivity contribution < 1.29 is 32.9 Å². The number of phosphoric acid groups is 1. The summed E-state index contributed by atoms with van der Waals surface area (Å²) in [6.07, 6.45) is 57.5. The van der Waals surface area contributed by atoms with Gasteiger partial charge in [-0.2, -0.15) is 0 Å². The minimum absolute atomic E-state index is 0.00491. The van der Waals surface area contributed by atoms with E-state index < -0.39 is 26.6 Å². The van der Waals surface area contributed by atoms with Crippen molar-refractivity contribution in [2.75, 3.05) is 40.9 Å². The number of quaternary nitrogens is 1. The summed E-state index contributed by atoms with van der Waals surface area (Å²) >= 11 is 0. The molecule has 8 nitrogen and oxygen atoms in total. The van der Waals surface area contributed by atoms with Gasteiger partial charge in [-0.1, -0.05) is 256 Å². The van der Waals surface area contributed by atoms with E-state index >= 15 is 0 Å². The van der Waals surface area contributed by atoms with Crippen molar-refractivity contribution in [3.05, 3.63) is 24.3 Å². The number of allylic oxidation sites excluding steroid dienone is 3. The molecule has 0 aromatic carbocycles. The second kappa shape index (κ2) is 46.1. The second-order valence-electron chi connectivity index (χ2n) is 19.9. The first-order chi connectivity index (χ1) is 30.5. The van der Waals surface area contributed by atoms with E-state index in [9.17, 15) is 19.4 Å². The summed E-state index contributed by atoms with van der Waals surface area (Å²) in [6, 6.07) is -0.897. The highest BCUT2D eigenvalue weighted by molar-refractivity contribution is 7.45. The molecular formula is C54H107N2O6P. The van der Waals surface area contributed by atoms with Crippen LogP contribution in [0.4, 0.5) is 0 Å². The Morgan fingerprint density at radius 3 is 1.25 bits per heavy atom. The fraction of sp³-hybridized carbons (Fsp3) is 0.907. The zero-order chi connectivity index (χ0) is 46.4. The number of amides is 1. The van der Waals surface area contributed by atoms with Crippen LogP contribution in [0, 0.1) is 0 Å². The number of aliphatic hydroxyl groups excluding tert-OH is 1. The molecular weight excluding hydrogens is 804 g/mol. The molecule has 63 heavy (non-hydrogen) atoms. The second-order valence-corrected chi connectivity index (χ2v) is 21.3. The van der Waals surface area contributed by atoms with Crippen molar-refractivity contribution in [3.8, 4) is 0 Å². The smallest absolute Gasteiger partial charge is 0.268 e. The molecule has 3 unspecified atom stereocenters. The van der Waals surface area contributed by atoms with Gasteiger partial charge in [-0.3, -0.25) is 9.36 Å². The molecule has 0 aliphatic rings. The summed E-state index contributed by atoms with van der Waals surface area (Å²) in [6.45, 7) is 4.54. The molecule has 0 fully saturated rings. The standard InChI is InChI=1S/C54H107N2O6P/c1-6-8-10-12-14-15-16-17-18-19-20-21-22-23-24-25-26-27-28-29-30-31-32-33-34-35-36-37-38-39-40-42-44-46-48-54(58)55-52(53(57)47-45-43-41-13-11-9-7-2)51-62-63(59,60)61-50-49-56(3,4)5/h11,13,45,47,52-53,57H,6-10,12,14-44,46,48-51H2,1-5H3,(H-,55,58,59,60)/b13-11+,47-45+. The van der Waals surface area contributed by atoms with Crippen molar-refractivity contribution >= 4 is 13.7 Å². The summed E-state index contributed by atoms with van der Waals surface area (Å²) in [7, 11) is 1.25. The summed E-state index contributed by atoms with van der Waals surface area (Å²) in [5, 5.41) is 13.7. The average Bonchev–Trinajstić information content (AvgIpc) is 3.24. The Kier molecular flexibility index (Phi) is 45.4. The van der Waals surface area contributed by atoms with Crippen molar-refractivity contribution in [3.63, 3.8) is 0 Å². The van der Waals surface area contributed by atoms with Gasteiger partial charge in [0, 0.05) is 6.42 Å². The first-order valence-corrected chi connectivity index (χ1v) is 28.7. The van der Waals surface area contributed by atoms with Gasteiger partial charge < -0.3 is 28.8 Å².